The van der Waals surface area contributed by atoms with E-state index < -0.39 is 0 Å². The van der Waals surface area contributed by atoms with Crippen LogP contribution in [0.3, 0.4) is 0 Å². The zero-order valence-electron chi connectivity index (χ0n) is 12.2. The van der Waals surface area contributed by atoms with E-state index in [9.17, 15) is 0 Å². The van der Waals surface area contributed by atoms with Gasteiger partial charge in [-0.2, -0.15) is 0 Å². The second-order valence-corrected chi connectivity index (χ2v) is 5.40. The first kappa shape index (κ1) is 12.9. The van der Waals surface area contributed by atoms with E-state index in [1.54, 1.807) is 0 Å². The average molecular weight is 268 g/mol. The summed E-state index contributed by atoms with van der Waals surface area (Å²) >= 11 is 0. The highest BCUT2D eigenvalue weighted by molar-refractivity contribution is 5.79. The number of fused-ring (bicyclic) bond motifs is 1. The smallest absolute Gasteiger partial charge is 0.113 e. The van der Waals surface area contributed by atoms with Crippen molar-refractivity contribution in [1.29, 1.82) is 0 Å². The molecule has 20 heavy (non-hydrogen) atoms. The van der Waals surface area contributed by atoms with Gasteiger partial charge >= 0.3 is 0 Å². The summed E-state index contributed by atoms with van der Waals surface area (Å²) in [7, 11) is 0. The molecule has 1 aromatic carbocycles. The molecule has 0 spiro atoms. The molecule has 0 bridgehead atoms. The van der Waals surface area contributed by atoms with Gasteiger partial charge < -0.3 is 5.32 Å². The highest BCUT2D eigenvalue weighted by Gasteiger charge is 2.19. The lowest BCUT2D eigenvalue weighted by atomic mass is 9.95. The summed E-state index contributed by atoms with van der Waals surface area (Å²) < 4.78 is 1.95. The van der Waals surface area contributed by atoms with Crippen molar-refractivity contribution in [3.63, 3.8) is 0 Å². The fraction of sp³-hybridized carbons (Fsp3) is 0.375. The van der Waals surface area contributed by atoms with Crippen LogP contribution in [0.25, 0.3) is 16.7 Å². The quantitative estimate of drug-likeness (QED) is 0.929. The Hall–Kier alpha value is -2.10. The molecule has 0 radical (unpaired) electrons. The molecule has 1 aliphatic rings. The van der Waals surface area contributed by atoms with Crippen molar-refractivity contribution in [2.24, 2.45) is 5.92 Å². The molecule has 2 heterocycles. The zero-order chi connectivity index (χ0) is 14.1. The van der Waals surface area contributed by atoms with Crippen molar-refractivity contribution in [2.45, 2.75) is 33.2 Å². The van der Waals surface area contributed by atoms with Crippen LogP contribution in [0.1, 0.15) is 27.2 Å². The number of allylic oxidation sites excluding steroid dienone is 2. The van der Waals surface area contributed by atoms with Gasteiger partial charge in [-0.25, -0.2) is 4.68 Å². The molecule has 2 unspecified atom stereocenters. The Balaban J connectivity index is 2.07. The first-order chi connectivity index (χ1) is 9.70. The molecule has 104 valence electrons. The van der Waals surface area contributed by atoms with Crippen LogP contribution in [0.2, 0.25) is 0 Å². The SMILES string of the molecule is CCC(C)C1=CNC(C)C(n2nnc3ccccc32)=C1. The largest absolute Gasteiger partial charge is 0.383 e. The van der Waals surface area contributed by atoms with Crippen LogP contribution >= 0.6 is 0 Å². The third-order valence-corrected chi connectivity index (χ3v) is 4.04. The summed E-state index contributed by atoms with van der Waals surface area (Å²) in [5, 5.41) is 12.0. The molecule has 1 N–H and O–H groups in total. The van der Waals surface area contributed by atoms with Crippen LogP contribution in [-0.4, -0.2) is 21.0 Å². The van der Waals surface area contributed by atoms with E-state index in [4.69, 9.17) is 0 Å². The van der Waals surface area contributed by atoms with Gasteiger partial charge in [-0.1, -0.05) is 31.2 Å². The zero-order valence-corrected chi connectivity index (χ0v) is 12.2. The maximum absolute atomic E-state index is 4.32. The molecular weight excluding hydrogens is 248 g/mol. The van der Waals surface area contributed by atoms with E-state index in [0.717, 1.165) is 23.2 Å². The Labute approximate surface area is 119 Å². The van der Waals surface area contributed by atoms with Crippen molar-refractivity contribution in [3.8, 4) is 0 Å². The van der Waals surface area contributed by atoms with Gasteiger partial charge in [0.15, 0.2) is 0 Å². The van der Waals surface area contributed by atoms with Crippen LogP contribution in [0.4, 0.5) is 0 Å². The minimum absolute atomic E-state index is 0.230. The van der Waals surface area contributed by atoms with Crippen LogP contribution in [-0.2, 0) is 0 Å². The number of rotatable bonds is 3. The first-order valence-electron chi connectivity index (χ1n) is 7.19. The monoisotopic (exact) mass is 268 g/mol. The average Bonchev–Trinajstić information content (AvgIpc) is 2.91. The van der Waals surface area contributed by atoms with E-state index in [2.05, 4.69) is 54.7 Å². The van der Waals surface area contributed by atoms with Crippen molar-refractivity contribution in [1.82, 2.24) is 20.3 Å². The number of hydrogen-bond donors (Lipinski definition) is 1. The van der Waals surface area contributed by atoms with E-state index in [1.807, 2.05) is 22.9 Å². The number of aromatic nitrogens is 3. The van der Waals surface area contributed by atoms with Gasteiger partial charge in [0.25, 0.3) is 0 Å². The number of dihydropyridines is 1. The molecule has 2 atom stereocenters. The normalized spacial score (nSPS) is 20.2. The third kappa shape index (κ3) is 2.11. The molecular formula is C16H20N4. The van der Waals surface area contributed by atoms with Crippen LogP contribution in [0.15, 0.2) is 42.1 Å². The van der Waals surface area contributed by atoms with Crippen LogP contribution < -0.4 is 5.32 Å². The van der Waals surface area contributed by atoms with Gasteiger partial charge in [0.05, 0.1) is 17.3 Å². The lowest BCUT2D eigenvalue weighted by molar-refractivity contribution is 0.633. The number of nitrogens with zero attached hydrogens (tertiary/aromatic N) is 3. The van der Waals surface area contributed by atoms with Crippen molar-refractivity contribution in [3.05, 3.63) is 42.1 Å². The number of hydrogen-bond acceptors (Lipinski definition) is 3. The van der Waals surface area contributed by atoms with Gasteiger partial charge in [-0.05, 0) is 43.0 Å². The predicted octanol–water partition coefficient (Wildman–Crippen LogP) is 3.19. The van der Waals surface area contributed by atoms with Gasteiger partial charge in [0, 0.05) is 6.20 Å². The number of para-hydroxylation sites is 1. The Bertz CT molecular complexity index is 681. The summed E-state index contributed by atoms with van der Waals surface area (Å²) in [6.07, 6.45) is 5.50. The van der Waals surface area contributed by atoms with Gasteiger partial charge in [-0.3, -0.25) is 0 Å². The van der Waals surface area contributed by atoms with Crippen molar-refractivity contribution < 1.29 is 0 Å². The Kier molecular flexibility index (Phi) is 3.30. The lowest BCUT2D eigenvalue weighted by Crippen LogP contribution is -2.29. The number of nitrogens with one attached hydrogen (secondary N) is 1. The molecule has 0 aliphatic carbocycles. The summed E-state index contributed by atoms with van der Waals surface area (Å²) in [6, 6.07) is 8.29. The summed E-state index contributed by atoms with van der Waals surface area (Å²) in [5.41, 5.74) is 4.45. The minimum atomic E-state index is 0.230. The molecule has 1 aromatic heterocycles. The number of benzene rings is 1. The summed E-state index contributed by atoms with van der Waals surface area (Å²) in [5.74, 6) is 0.541. The molecule has 4 nitrogen and oxygen atoms in total. The lowest BCUT2D eigenvalue weighted by Gasteiger charge is -2.24. The molecule has 0 fully saturated rings. The van der Waals surface area contributed by atoms with Crippen LogP contribution in [0, 0.1) is 5.92 Å². The standard InChI is InChI=1S/C16H20N4/c1-4-11(2)13-9-16(12(3)17-10-13)20-15-8-6-5-7-14(15)18-19-20/h5-12,17H,4H2,1-3H3. The highest BCUT2D eigenvalue weighted by Crippen LogP contribution is 2.25. The van der Waals surface area contributed by atoms with Gasteiger partial charge in [0.1, 0.15) is 5.52 Å². The van der Waals surface area contributed by atoms with Crippen LogP contribution in [0.5, 0.6) is 0 Å². The fourth-order valence-corrected chi connectivity index (χ4v) is 2.47. The second kappa shape index (κ2) is 5.12. The van der Waals surface area contributed by atoms with E-state index >= 15 is 0 Å². The molecule has 4 heteroatoms. The second-order valence-electron chi connectivity index (χ2n) is 5.40. The molecule has 1 aliphatic heterocycles. The maximum atomic E-state index is 4.32. The summed E-state index contributed by atoms with van der Waals surface area (Å²) in [4.78, 5) is 0. The first-order valence-corrected chi connectivity index (χ1v) is 7.19. The molecule has 2 aromatic rings. The minimum Gasteiger partial charge on any atom is -0.383 e. The predicted molar refractivity (Wildman–Crippen MR) is 81.9 cm³/mol. The maximum Gasteiger partial charge on any atom is 0.113 e. The Morgan fingerprint density at radius 1 is 1.35 bits per heavy atom. The van der Waals surface area contributed by atoms with Crippen molar-refractivity contribution >= 4 is 16.7 Å². The van der Waals surface area contributed by atoms with Crippen molar-refractivity contribution in [2.75, 3.05) is 0 Å². The molecule has 0 amide bonds. The van der Waals surface area contributed by atoms with E-state index in [1.165, 1.54) is 5.57 Å². The van der Waals surface area contributed by atoms with E-state index in [0.29, 0.717) is 5.92 Å². The fourth-order valence-electron chi connectivity index (χ4n) is 2.47. The summed E-state index contributed by atoms with van der Waals surface area (Å²) in [6.45, 7) is 6.60. The van der Waals surface area contributed by atoms with Gasteiger partial charge in [-0.15, -0.1) is 5.10 Å². The third-order valence-electron chi connectivity index (χ3n) is 4.04. The molecule has 0 saturated carbocycles. The molecule has 3 rings (SSSR count). The topological polar surface area (TPSA) is 42.7 Å². The Morgan fingerprint density at radius 3 is 2.95 bits per heavy atom. The van der Waals surface area contributed by atoms with E-state index in [-0.39, 0.29) is 6.04 Å². The van der Waals surface area contributed by atoms with Gasteiger partial charge in [0.2, 0.25) is 0 Å². The Morgan fingerprint density at radius 2 is 2.15 bits per heavy atom. The highest BCUT2D eigenvalue weighted by atomic mass is 15.4. The molecule has 0 saturated heterocycles.